The zero-order valence-corrected chi connectivity index (χ0v) is 11.1. The Morgan fingerprint density at radius 3 is 2.70 bits per heavy atom. The first-order valence-electron chi connectivity index (χ1n) is 6.51. The minimum absolute atomic E-state index is 0.170. The lowest BCUT2D eigenvalue weighted by Crippen LogP contribution is -2.26. The summed E-state index contributed by atoms with van der Waals surface area (Å²) in [6, 6.07) is 13.7. The Morgan fingerprint density at radius 1 is 1.15 bits per heavy atom. The number of carbonyl (C=O) groups excluding carboxylic acids is 1. The van der Waals surface area contributed by atoms with Crippen molar-refractivity contribution in [1.29, 1.82) is 0 Å². The van der Waals surface area contributed by atoms with E-state index in [4.69, 9.17) is 5.73 Å². The molecule has 4 heteroatoms. The summed E-state index contributed by atoms with van der Waals surface area (Å²) < 4.78 is 13.4. The molecule has 3 nitrogen and oxygen atoms in total. The van der Waals surface area contributed by atoms with E-state index in [1.807, 2.05) is 6.07 Å². The van der Waals surface area contributed by atoms with Gasteiger partial charge in [0.25, 0.3) is 5.91 Å². The Labute approximate surface area is 117 Å². The monoisotopic (exact) mass is 272 g/mol. The standard InChI is InChI=1S/C16H17FN2O/c17-15-7-2-1-5-13(15)8-9-19-16(20)14-6-3-4-12(10-14)11-18/h1-7,10H,8-9,11,18H2,(H,19,20). The van der Waals surface area contributed by atoms with Crippen molar-refractivity contribution >= 4 is 5.91 Å². The number of nitrogens with one attached hydrogen (secondary N) is 1. The summed E-state index contributed by atoms with van der Waals surface area (Å²) in [7, 11) is 0. The Balaban J connectivity index is 1.91. The molecule has 0 aliphatic rings. The highest BCUT2D eigenvalue weighted by molar-refractivity contribution is 5.94. The second-order valence-electron chi connectivity index (χ2n) is 4.50. The maximum absolute atomic E-state index is 13.4. The fourth-order valence-corrected chi connectivity index (χ4v) is 1.95. The van der Waals surface area contributed by atoms with E-state index in [2.05, 4.69) is 5.32 Å². The molecule has 2 aromatic carbocycles. The van der Waals surface area contributed by atoms with Gasteiger partial charge in [0.1, 0.15) is 5.82 Å². The molecule has 0 saturated heterocycles. The highest BCUT2D eigenvalue weighted by atomic mass is 19.1. The van der Waals surface area contributed by atoms with Gasteiger partial charge in [-0.2, -0.15) is 0 Å². The molecule has 3 N–H and O–H groups in total. The molecule has 0 unspecified atom stereocenters. The Morgan fingerprint density at radius 2 is 1.95 bits per heavy atom. The SMILES string of the molecule is NCc1cccc(C(=O)NCCc2ccccc2F)c1. The second kappa shape index (κ2) is 6.82. The maximum atomic E-state index is 13.4. The molecule has 0 atom stereocenters. The van der Waals surface area contributed by atoms with E-state index in [0.29, 0.717) is 30.6 Å². The van der Waals surface area contributed by atoms with Crippen molar-refractivity contribution in [2.45, 2.75) is 13.0 Å². The van der Waals surface area contributed by atoms with Crippen LogP contribution in [0.15, 0.2) is 48.5 Å². The van der Waals surface area contributed by atoms with E-state index in [9.17, 15) is 9.18 Å². The predicted molar refractivity (Wildman–Crippen MR) is 76.8 cm³/mol. The van der Waals surface area contributed by atoms with Crippen molar-refractivity contribution in [3.63, 3.8) is 0 Å². The Bertz CT molecular complexity index is 599. The molecule has 0 fully saturated rings. The van der Waals surface area contributed by atoms with Crippen LogP contribution in [0.2, 0.25) is 0 Å². The first kappa shape index (κ1) is 14.2. The van der Waals surface area contributed by atoms with Gasteiger partial charge in [0.15, 0.2) is 0 Å². The molecule has 2 rings (SSSR count). The molecule has 0 aliphatic carbocycles. The largest absolute Gasteiger partial charge is 0.352 e. The van der Waals surface area contributed by atoms with Gasteiger partial charge in [-0.05, 0) is 35.7 Å². The normalized spacial score (nSPS) is 10.3. The lowest BCUT2D eigenvalue weighted by atomic mass is 10.1. The van der Waals surface area contributed by atoms with E-state index >= 15 is 0 Å². The smallest absolute Gasteiger partial charge is 0.251 e. The lowest BCUT2D eigenvalue weighted by Gasteiger charge is -2.07. The van der Waals surface area contributed by atoms with Crippen LogP contribution in [-0.2, 0) is 13.0 Å². The van der Waals surface area contributed by atoms with Crippen molar-refractivity contribution < 1.29 is 9.18 Å². The van der Waals surface area contributed by atoms with Gasteiger partial charge in [-0.1, -0.05) is 30.3 Å². The van der Waals surface area contributed by atoms with Gasteiger partial charge < -0.3 is 11.1 Å². The average molecular weight is 272 g/mol. The fourth-order valence-electron chi connectivity index (χ4n) is 1.95. The zero-order chi connectivity index (χ0) is 14.4. The summed E-state index contributed by atoms with van der Waals surface area (Å²) in [4.78, 5) is 11.9. The minimum atomic E-state index is -0.244. The van der Waals surface area contributed by atoms with Gasteiger partial charge in [-0.15, -0.1) is 0 Å². The number of nitrogens with two attached hydrogens (primary N) is 1. The highest BCUT2D eigenvalue weighted by Gasteiger charge is 2.06. The van der Waals surface area contributed by atoms with Crippen molar-refractivity contribution in [3.8, 4) is 0 Å². The summed E-state index contributed by atoms with van der Waals surface area (Å²) in [6.07, 6.45) is 0.467. The molecular weight excluding hydrogens is 255 g/mol. The number of benzene rings is 2. The molecule has 0 spiro atoms. The van der Waals surface area contributed by atoms with Crippen molar-refractivity contribution in [2.75, 3.05) is 6.54 Å². The molecule has 20 heavy (non-hydrogen) atoms. The quantitative estimate of drug-likeness (QED) is 0.877. The van der Waals surface area contributed by atoms with Crippen molar-refractivity contribution in [1.82, 2.24) is 5.32 Å². The highest BCUT2D eigenvalue weighted by Crippen LogP contribution is 2.07. The third-order valence-corrected chi connectivity index (χ3v) is 3.06. The first-order chi connectivity index (χ1) is 9.70. The number of halogens is 1. The third-order valence-electron chi connectivity index (χ3n) is 3.06. The van der Waals surface area contributed by atoms with Crippen molar-refractivity contribution in [2.24, 2.45) is 5.73 Å². The summed E-state index contributed by atoms with van der Waals surface area (Å²) in [5.41, 5.74) is 7.62. The van der Waals surface area contributed by atoms with E-state index in [-0.39, 0.29) is 11.7 Å². The van der Waals surface area contributed by atoms with Crippen LogP contribution in [0.1, 0.15) is 21.5 Å². The predicted octanol–water partition coefficient (Wildman–Crippen LogP) is 2.26. The molecule has 0 saturated carbocycles. The van der Waals surface area contributed by atoms with Crippen LogP contribution in [0.3, 0.4) is 0 Å². The van der Waals surface area contributed by atoms with Gasteiger partial charge >= 0.3 is 0 Å². The van der Waals surface area contributed by atoms with Crippen LogP contribution >= 0.6 is 0 Å². The molecule has 104 valence electrons. The van der Waals surface area contributed by atoms with Gasteiger partial charge in [-0.3, -0.25) is 4.79 Å². The number of amides is 1. The topological polar surface area (TPSA) is 55.1 Å². The van der Waals surface area contributed by atoms with Crippen LogP contribution in [0.4, 0.5) is 4.39 Å². The third kappa shape index (κ3) is 3.65. The van der Waals surface area contributed by atoms with Crippen LogP contribution in [0, 0.1) is 5.82 Å². The molecule has 0 radical (unpaired) electrons. The van der Waals surface area contributed by atoms with Gasteiger partial charge in [0.2, 0.25) is 0 Å². The van der Waals surface area contributed by atoms with Crippen LogP contribution in [0.25, 0.3) is 0 Å². The number of hydrogen-bond donors (Lipinski definition) is 2. The molecular formula is C16H17FN2O. The molecule has 0 aliphatic heterocycles. The van der Waals surface area contributed by atoms with Crippen LogP contribution in [0.5, 0.6) is 0 Å². The average Bonchev–Trinajstić information content (AvgIpc) is 2.49. The van der Waals surface area contributed by atoms with Gasteiger partial charge in [0.05, 0.1) is 0 Å². The van der Waals surface area contributed by atoms with E-state index < -0.39 is 0 Å². The summed E-state index contributed by atoms with van der Waals surface area (Å²) in [5.74, 6) is -0.413. The Hall–Kier alpha value is -2.20. The Kier molecular flexibility index (Phi) is 4.85. The lowest BCUT2D eigenvalue weighted by molar-refractivity contribution is 0.0954. The molecule has 0 heterocycles. The molecule has 2 aromatic rings. The minimum Gasteiger partial charge on any atom is -0.352 e. The van der Waals surface area contributed by atoms with Gasteiger partial charge in [-0.25, -0.2) is 4.39 Å². The van der Waals surface area contributed by atoms with Gasteiger partial charge in [0, 0.05) is 18.7 Å². The van der Waals surface area contributed by atoms with Crippen molar-refractivity contribution in [3.05, 3.63) is 71.0 Å². The fraction of sp³-hybridized carbons (Fsp3) is 0.188. The summed E-state index contributed by atoms with van der Waals surface area (Å²) in [5, 5.41) is 2.78. The number of rotatable bonds is 5. The first-order valence-corrected chi connectivity index (χ1v) is 6.51. The van der Waals surface area contributed by atoms with Crippen LogP contribution < -0.4 is 11.1 Å². The van der Waals surface area contributed by atoms with E-state index in [1.54, 1.807) is 36.4 Å². The van der Waals surface area contributed by atoms with Crippen LogP contribution in [-0.4, -0.2) is 12.5 Å². The van der Waals surface area contributed by atoms with E-state index in [0.717, 1.165) is 5.56 Å². The molecule has 0 aromatic heterocycles. The summed E-state index contributed by atoms with van der Waals surface area (Å²) in [6.45, 7) is 0.795. The summed E-state index contributed by atoms with van der Waals surface area (Å²) >= 11 is 0. The number of hydrogen-bond acceptors (Lipinski definition) is 2. The zero-order valence-electron chi connectivity index (χ0n) is 11.1. The molecule has 0 bridgehead atoms. The maximum Gasteiger partial charge on any atom is 0.251 e. The molecule has 1 amide bonds. The number of carbonyl (C=O) groups is 1. The second-order valence-corrected chi connectivity index (χ2v) is 4.50. The van der Waals surface area contributed by atoms with E-state index in [1.165, 1.54) is 6.07 Å².